The van der Waals surface area contributed by atoms with Crippen molar-refractivity contribution in [1.82, 2.24) is 10.3 Å². The first-order chi connectivity index (χ1) is 15.6. The molecule has 176 valence electrons. The van der Waals surface area contributed by atoms with Crippen LogP contribution in [-0.4, -0.2) is 57.0 Å². The summed E-state index contributed by atoms with van der Waals surface area (Å²) >= 11 is 0. The van der Waals surface area contributed by atoms with E-state index >= 15 is 4.39 Å². The third kappa shape index (κ3) is 3.94. The number of carbonyl (C=O) groups excluding carboxylic acids is 1. The molecule has 3 aromatic rings. The Bertz CT molecular complexity index is 1340. The van der Waals surface area contributed by atoms with Crippen LogP contribution in [0.3, 0.4) is 0 Å². The number of nitrogens with zero attached hydrogens (tertiary/aromatic N) is 2. The number of halogens is 2. The summed E-state index contributed by atoms with van der Waals surface area (Å²) < 4.78 is 66.5. The highest BCUT2D eigenvalue weighted by atomic mass is 32.2. The number of benzene rings is 1. The second kappa shape index (κ2) is 8.36. The number of hydrogen-bond acceptors (Lipinski definition) is 7. The van der Waals surface area contributed by atoms with Crippen molar-refractivity contribution in [1.29, 1.82) is 0 Å². The molecule has 3 heterocycles. The molecule has 0 spiro atoms. The quantitative estimate of drug-likeness (QED) is 0.587. The smallest absolute Gasteiger partial charge is 0.257 e. The summed E-state index contributed by atoms with van der Waals surface area (Å²) in [4.78, 5) is 17.1. The lowest BCUT2D eigenvalue weighted by Gasteiger charge is -2.24. The Kier molecular flexibility index (Phi) is 5.85. The van der Waals surface area contributed by atoms with E-state index in [1.54, 1.807) is 0 Å². The van der Waals surface area contributed by atoms with Gasteiger partial charge in [-0.05, 0) is 31.2 Å². The molecular formula is C21H21F2N3O6S. The van der Waals surface area contributed by atoms with Gasteiger partial charge in [-0.2, -0.15) is 0 Å². The minimum Gasteiger partial charge on any atom is -0.450 e. The molecule has 1 amide bonds. The molecule has 0 bridgehead atoms. The van der Waals surface area contributed by atoms with E-state index in [0.29, 0.717) is 5.56 Å². The number of pyridine rings is 1. The van der Waals surface area contributed by atoms with Gasteiger partial charge < -0.3 is 19.6 Å². The minimum absolute atomic E-state index is 0.0522. The SMILES string of the molecule is CNC(=O)c1c(-c2ccc(F)cc2)oc2c(F)c3c(nc12)[C@H](C)O[C@H](CO)CN3S(C)(=O)=O. The molecule has 1 aliphatic rings. The van der Waals surface area contributed by atoms with Crippen molar-refractivity contribution in [3.63, 3.8) is 0 Å². The number of ether oxygens (including phenoxy) is 1. The number of carbonyl (C=O) groups is 1. The van der Waals surface area contributed by atoms with Gasteiger partial charge in [0.15, 0.2) is 11.4 Å². The lowest BCUT2D eigenvalue weighted by Crippen LogP contribution is -2.38. The number of furan rings is 1. The Morgan fingerprint density at radius 2 is 1.97 bits per heavy atom. The zero-order chi connectivity index (χ0) is 24.1. The fourth-order valence-electron chi connectivity index (χ4n) is 3.81. The number of sulfonamides is 1. The van der Waals surface area contributed by atoms with Gasteiger partial charge in [0.2, 0.25) is 10.0 Å². The van der Waals surface area contributed by atoms with Crippen LogP contribution in [-0.2, 0) is 14.8 Å². The van der Waals surface area contributed by atoms with Crippen molar-refractivity contribution in [3.8, 4) is 11.3 Å². The number of nitrogens with one attached hydrogen (secondary N) is 1. The normalized spacial score (nSPS) is 18.8. The van der Waals surface area contributed by atoms with Crippen molar-refractivity contribution in [2.24, 2.45) is 0 Å². The molecular weight excluding hydrogens is 460 g/mol. The molecule has 0 saturated heterocycles. The zero-order valence-corrected chi connectivity index (χ0v) is 18.7. The summed E-state index contributed by atoms with van der Waals surface area (Å²) in [7, 11) is -2.63. The lowest BCUT2D eigenvalue weighted by molar-refractivity contribution is -0.0242. The molecule has 12 heteroatoms. The summed E-state index contributed by atoms with van der Waals surface area (Å²) in [5.74, 6) is -2.24. The Hall–Kier alpha value is -3.09. The van der Waals surface area contributed by atoms with Crippen molar-refractivity contribution in [2.45, 2.75) is 19.1 Å². The largest absolute Gasteiger partial charge is 0.450 e. The second-order valence-corrected chi connectivity index (χ2v) is 9.51. The molecule has 2 aromatic heterocycles. The summed E-state index contributed by atoms with van der Waals surface area (Å²) in [6, 6.07) is 5.04. The first kappa shape index (κ1) is 23.1. The van der Waals surface area contributed by atoms with E-state index in [0.717, 1.165) is 22.7 Å². The first-order valence-electron chi connectivity index (χ1n) is 9.94. The highest BCUT2D eigenvalue weighted by molar-refractivity contribution is 7.92. The van der Waals surface area contributed by atoms with Crippen molar-refractivity contribution in [3.05, 3.63) is 47.2 Å². The molecule has 9 nitrogen and oxygen atoms in total. The van der Waals surface area contributed by atoms with Gasteiger partial charge >= 0.3 is 0 Å². The van der Waals surface area contributed by atoms with E-state index in [4.69, 9.17) is 9.15 Å². The number of aromatic nitrogens is 1. The third-order valence-electron chi connectivity index (χ3n) is 5.33. The summed E-state index contributed by atoms with van der Waals surface area (Å²) in [6.45, 7) is 0.691. The third-order valence-corrected chi connectivity index (χ3v) is 6.46. The molecule has 33 heavy (non-hydrogen) atoms. The summed E-state index contributed by atoms with van der Waals surface area (Å²) in [5, 5.41) is 12.0. The Labute approximate surface area is 188 Å². The minimum atomic E-state index is -4.00. The van der Waals surface area contributed by atoms with E-state index in [2.05, 4.69) is 10.3 Å². The molecule has 2 N–H and O–H groups in total. The molecule has 0 fully saturated rings. The maximum Gasteiger partial charge on any atom is 0.257 e. The van der Waals surface area contributed by atoms with Crippen LogP contribution in [0.1, 0.15) is 29.1 Å². The van der Waals surface area contributed by atoms with Crippen LogP contribution in [0.25, 0.3) is 22.4 Å². The average molecular weight is 481 g/mol. The van der Waals surface area contributed by atoms with Gasteiger partial charge in [0.1, 0.15) is 34.4 Å². The molecule has 1 aliphatic heterocycles. The number of amides is 1. The Morgan fingerprint density at radius 3 is 2.55 bits per heavy atom. The standard InChI is InChI=1S/C21H21F2N3O6S/c1-10-16-18(26(33(3,29)30)8-13(9-27)31-10)15(23)20-17(25-16)14(21(28)24-2)19(32-20)11-4-6-12(22)7-5-11/h4-7,10,13,27H,8-9H2,1-3H3,(H,24,28)/t10-,13-/m0/s1. The molecule has 4 rings (SSSR count). The molecule has 0 radical (unpaired) electrons. The highest BCUT2D eigenvalue weighted by Gasteiger charge is 2.38. The average Bonchev–Trinajstić information content (AvgIpc) is 3.08. The van der Waals surface area contributed by atoms with Crippen LogP contribution in [0.2, 0.25) is 0 Å². The second-order valence-electron chi connectivity index (χ2n) is 7.61. The van der Waals surface area contributed by atoms with Crippen molar-refractivity contribution >= 4 is 32.7 Å². The topological polar surface area (TPSA) is 122 Å². The maximum absolute atomic E-state index is 15.9. The van der Waals surface area contributed by atoms with Gasteiger partial charge in [0, 0.05) is 12.6 Å². The van der Waals surface area contributed by atoms with Crippen LogP contribution in [0.5, 0.6) is 0 Å². The van der Waals surface area contributed by atoms with E-state index < -0.39 is 52.0 Å². The number of aliphatic hydroxyl groups is 1. The number of fused-ring (bicyclic) bond motifs is 2. The fourth-order valence-corrected chi connectivity index (χ4v) is 4.75. The Balaban J connectivity index is 2.08. The monoisotopic (exact) mass is 481 g/mol. The Morgan fingerprint density at radius 1 is 1.30 bits per heavy atom. The van der Waals surface area contributed by atoms with Crippen LogP contribution >= 0.6 is 0 Å². The predicted octanol–water partition coefficient (Wildman–Crippen LogP) is 2.35. The van der Waals surface area contributed by atoms with Crippen LogP contribution in [0.15, 0.2) is 28.7 Å². The number of anilines is 1. The van der Waals surface area contributed by atoms with E-state index in [-0.39, 0.29) is 34.8 Å². The number of rotatable bonds is 4. The number of hydrogen-bond donors (Lipinski definition) is 2. The molecule has 2 atom stereocenters. The van der Waals surface area contributed by atoms with Crippen molar-refractivity contribution < 1.29 is 36.3 Å². The van der Waals surface area contributed by atoms with Crippen LogP contribution < -0.4 is 9.62 Å². The van der Waals surface area contributed by atoms with Gasteiger partial charge in [0.25, 0.3) is 5.91 Å². The van der Waals surface area contributed by atoms with Gasteiger partial charge in [-0.3, -0.25) is 9.10 Å². The summed E-state index contributed by atoms with van der Waals surface area (Å²) in [6.07, 6.45) is -0.945. The number of aliphatic hydroxyl groups excluding tert-OH is 1. The van der Waals surface area contributed by atoms with Crippen LogP contribution in [0.4, 0.5) is 14.5 Å². The van der Waals surface area contributed by atoms with E-state index in [1.165, 1.54) is 26.1 Å². The maximum atomic E-state index is 15.9. The fraction of sp³-hybridized carbons (Fsp3) is 0.333. The van der Waals surface area contributed by atoms with E-state index in [1.807, 2.05) is 0 Å². The van der Waals surface area contributed by atoms with E-state index in [9.17, 15) is 22.7 Å². The molecule has 0 saturated carbocycles. The molecule has 0 unspecified atom stereocenters. The van der Waals surface area contributed by atoms with Gasteiger partial charge in [-0.15, -0.1) is 0 Å². The van der Waals surface area contributed by atoms with Crippen LogP contribution in [0, 0.1) is 11.6 Å². The van der Waals surface area contributed by atoms with Gasteiger partial charge in [-0.1, -0.05) is 0 Å². The zero-order valence-electron chi connectivity index (χ0n) is 17.9. The summed E-state index contributed by atoms with van der Waals surface area (Å²) in [5.41, 5.74) is -0.824. The van der Waals surface area contributed by atoms with Gasteiger partial charge in [-0.25, -0.2) is 22.2 Å². The lowest BCUT2D eigenvalue weighted by atomic mass is 10.1. The van der Waals surface area contributed by atoms with Gasteiger partial charge in [0.05, 0.1) is 31.2 Å². The molecule has 0 aliphatic carbocycles. The molecule has 1 aromatic carbocycles. The predicted molar refractivity (Wildman–Crippen MR) is 115 cm³/mol. The first-order valence-corrected chi connectivity index (χ1v) is 11.8. The highest BCUT2D eigenvalue weighted by Crippen LogP contribution is 2.42. The van der Waals surface area contributed by atoms with Crippen molar-refractivity contribution in [2.75, 3.05) is 30.8 Å².